The monoisotopic (exact) mass is 737 g/mol. The summed E-state index contributed by atoms with van der Waals surface area (Å²) in [6.45, 7) is 0. The maximum absolute atomic E-state index is 6.39. The first-order valence-electron chi connectivity index (χ1n) is 18.7. The van der Waals surface area contributed by atoms with Crippen LogP contribution in [-0.2, 0) is 0 Å². The molecule has 0 aliphatic rings. The van der Waals surface area contributed by atoms with Crippen LogP contribution in [0.25, 0.3) is 45.1 Å². The largest absolute Gasteiger partial charge is 0.436 e. The van der Waals surface area contributed by atoms with Crippen LogP contribution in [0.3, 0.4) is 0 Å². The van der Waals surface area contributed by atoms with Gasteiger partial charge in [0.1, 0.15) is 11.0 Å². The molecule has 0 unspecified atom stereocenters. The van der Waals surface area contributed by atoms with E-state index in [1.165, 1.54) is 20.7 Å². The number of benzene rings is 8. The van der Waals surface area contributed by atoms with E-state index in [9.17, 15) is 0 Å². The summed E-state index contributed by atoms with van der Waals surface area (Å²) in [5.74, 6) is 1.18. The first kappa shape index (κ1) is 33.3. The topological polar surface area (TPSA) is 55.3 Å². The van der Waals surface area contributed by atoms with Crippen molar-refractivity contribution in [2.24, 2.45) is 0 Å². The molecule has 10 rings (SSSR count). The molecule has 0 spiro atoms. The van der Waals surface area contributed by atoms with Crippen molar-refractivity contribution in [2.45, 2.75) is 0 Å². The average molecular weight is 738 g/mol. The van der Waals surface area contributed by atoms with Crippen molar-refractivity contribution in [2.75, 3.05) is 4.90 Å². The average Bonchev–Trinajstić information content (AvgIpc) is 3.91. The SMILES string of the molecule is c1ccc(-c2nc3ccc(N(c4ccc([Si](c5ccccc5)(c5ccccc5)c5ccccc5)cc4)c4ccc5nc(-c6ccccc6)oc5c4)cc3o2)cc1. The zero-order chi connectivity index (χ0) is 37.3. The van der Waals surface area contributed by atoms with E-state index in [1.54, 1.807) is 0 Å². The second-order valence-electron chi connectivity index (χ2n) is 13.8. The third kappa shape index (κ3) is 5.89. The first-order chi connectivity index (χ1) is 27.7. The Balaban J connectivity index is 1.14. The maximum atomic E-state index is 6.39. The van der Waals surface area contributed by atoms with Gasteiger partial charge in [-0.25, -0.2) is 9.97 Å². The molecule has 56 heavy (non-hydrogen) atoms. The van der Waals surface area contributed by atoms with Crippen LogP contribution in [0.4, 0.5) is 17.1 Å². The summed E-state index contributed by atoms with van der Waals surface area (Å²) in [4.78, 5) is 11.9. The van der Waals surface area contributed by atoms with Gasteiger partial charge in [0.25, 0.3) is 0 Å². The Morgan fingerprint density at radius 1 is 0.339 bits per heavy atom. The van der Waals surface area contributed by atoms with Crippen LogP contribution in [-0.4, -0.2) is 18.0 Å². The van der Waals surface area contributed by atoms with Gasteiger partial charge in [0.05, 0.1) is 0 Å². The second-order valence-corrected chi connectivity index (χ2v) is 17.6. The van der Waals surface area contributed by atoms with Crippen LogP contribution in [0.15, 0.2) is 221 Å². The van der Waals surface area contributed by atoms with E-state index in [0.29, 0.717) is 22.9 Å². The van der Waals surface area contributed by atoms with Gasteiger partial charge >= 0.3 is 0 Å². The molecule has 8 aromatic carbocycles. The van der Waals surface area contributed by atoms with E-state index < -0.39 is 8.07 Å². The van der Waals surface area contributed by atoms with Crippen LogP contribution in [0, 0.1) is 0 Å². The fourth-order valence-electron chi connectivity index (χ4n) is 7.89. The molecule has 0 fully saturated rings. The van der Waals surface area contributed by atoms with Gasteiger partial charge in [0.2, 0.25) is 11.8 Å². The number of hydrogen-bond donors (Lipinski definition) is 0. The highest BCUT2D eigenvalue weighted by Gasteiger charge is 2.41. The Bertz CT molecular complexity index is 2680. The number of nitrogens with zero attached hydrogens (tertiary/aromatic N) is 3. The Morgan fingerprint density at radius 2 is 0.679 bits per heavy atom. The Morgan fingerprint density at radius 3 is 1.07 bits per heavy atom. The fourth-order valence-corrected chi connectivity index (χ4v) is 12.6. The summed E-state index contributed by atoms with van der Waals surface area (Å²) in [5.41, 5.74) is 7.74. The third-order valence-electron chi connectivity index (χ3n) is 10.5. The molecule has 2 heterocycles. The molecule has 0 N–H and O–H groups in total. The minimum atomic E-state index is -2.71. The van der Waals surface area contributed by atoms with Gasteiger partial charge in [-0.15, -0.1) is 0 Å². The van der Waals surface area contributed by atoms with Gasteiger partial charge in [0, 0.05) is 40.3 Å². The van der Waals surface area contributed by atoms with Crippen LogP contribution in [0.2, 0.25) is 0 Å². The Hall–Kier alpha value is -7.28. The lowest BCUT2D eigenvalue weighted by Crippen LogP contribution is -2.74. The normalized spacial score (nSPS) is 11.6. The molecule has 10 aromatic rings. The van der Waals surface area contributed by atoms with Gasteiger partial charge < -0.3 is 13.7 Å². The molecular formula is C50H35N3O2Si. The minimum Gasteiger partial charge on any atom is -0.436 e. The summed E-state index contributed by atoms with van der Waals surface area (Å²) in [7, 11) is -2.71. The van der Waals surface area contributed by atoms with Crippen molar-refractivity contribution in [1.82, 2.24) is 9.97 Å². The van der Waals surface area contributed by atoms with Gasteiger partial charge in [-0.1, -0.05) is 140 Å². The van der Waals surface area contributed by atoms with E-state index in [2.05, 4.69) is 144 Å². The number of oxazole rings is 2. The summed E-state index contributed by atoms with van der Waals surface area (Å²) in [6, 6.07) is 74.5. The van der Waals surface area contributed by atoms with Crippen LogP contribution in [0.1, 0.15) is 0 Å². The van der Waals surface area contributed by atoms with Crippen molar-refractivity contribution in [3.63, 3.8) is 0 Å². The van der Waals surface area contributed by atoms with Gasteiger partial charge in [0.15, 0.2) is 19.2 Å². The molecule has 0 aliphatic carbocycles. The lowest BCUT2D eigenvalue weighted by Gasteiger charge is -2.35. The molecule has 5 nitrogen and oxygen atoms in total. The minimum absolute atomic E-state index is 0.592. The van der Waals surface area contributed by atoms with Crippen molar-refractivity contribution in [3.05, 3.63) is 212 Å². The highest BCUT2D eigenvalue weighted by molar-refractivity contribution is 7.19. The molecular weight excluding hydrogens is 703 g/mol. The molecule has 0 aliphatic heterocycles. The summed E-state index contributed by atoms with van der Waals surface area (Å²) < 4.78 is 12.8. The van der Waals surface area contributed by atoms with Crippen molar-refractivity contribution in [1.29, 1.82) is 0 Å². The van der Waals surface area contributed by atoms with Crippen LogP contribution in [0.5, 0.6) is 0 Å². The molecule has 0 radical (unpaired) electrons. The summed E-state index contributed by atoms with van der Waals surface area (Å²) in [6.07, 6.45) is 0. The number of fused-ring (bicyclic) bond motifs is 2. The quantitative estimate of drug-likeness (QED) is 0.109. The standard InChI is InChI=1S/C50H35N3O2Si/c1-6-16-36(17-7-1)49-51-45-32-28-39(34-47(45)54-49)53(40-29-33-46-48(35-40)55-50(52-46)37-18-8-2-9-19-37)38-26-30-44(31-27-38)56(41-20-10-3-11-21-41,42-22-12-4-13-23-42)43-24-14-5-15-25-43/h1-35H. The zero-order valence-corrected chi connectivity index (χ0v) is 31.4. The molecule has 2 aromatic heterocycles. The van der Waals surface area contributed by atoms with Gasteiger partial charge in [-0.2, -0.15) is 0 Å². The summed E-state index contributed by atoms with van der Waals surface area (Å²) in [5, 5.41) is 5.28. The zero-order valence-electron chi connectivity index (χ0n) is 30.4. The highest BCUT2D eigenvalue weighted by atomic mass is 28.3. The highest BCUT2D eigenvalue weighted by Crippen LogP contribution is 2.38. The first-order valence-corrected chi connectivity index (χ1v) is 20.7. The number of rotatable bonds is 9. The molecule has 0 atom stereocenters. The molecule has 266 valence electrons. The van der Waals surface area contributed by atoms with Crippen LogP contribution < -0.4 is 25.6 Å². The van der Waals surface area contributed by atoms with E-state index in [1.807, 2.05) is 72.8 Å². The third-order valence-corrected chi connectivity index (χ3v) is 15.3. The molecule has 0 amide bonds. The number of hydrogen-bond acceptors (Lipinski definition) is 5. The van der Waals surface area contributed by atoms with E-state index >= 15 is 0 Å². The number of anilines is 3. The molecule has 0 saturated carbocycles. The Labute approximate surface area is 325 Å². The lowest BCUT2D eigenvalue weighted by molar-refractivity contribution is 0.620. The van der Waals surface area contributed by atoms with E-state index in [0.717, 1.165) is 39.2 Å². The van der Waals surface area contributed by atoms with Crippen molar-refractivity contribution in [3.8, 4) is 22.9 Å². The predicted octanol–water partition coefficient (Wildman–Crippen LogP) is 10.2. The maximum Gasteiger partial charge on any atom is 0.227 e. The molecule has 0 saturated heterocycles. The lowest BCUT2D eigenvalue weighted by atomic mass is 10.1. The van der Waals surface area contributed by atoms with Crippen molar-refractivity contribution >= 4 is 68.1 Å². The smallest absolute Gasteiger partial charge is 0.227 e. The van der Waals surface area contributed by atoms with E-state index in [-0.39, 0.29) is 0 Å². The van der Waals surface area contributed by atoms with Gasteiger partial charge in [-0.05, 0) is 81.4 Å². The number of aromatic nitrogens is 2. The predicted molar refractivity (Wildman–Crippen MR) is 231 cm³/mol. The summed E-state index contributed by atoms with van der Waals surface area (Å²) >= 11 is 0. The Kier molecular flexibility index (Phi) is 8.43. The molecule has 6 heteroatoms. The van der Waals surface area contributed by atoms with Crippen molar-refractivity contribution < 1.29 is 8.83 Å². The van der Waals surface area contributed by atoms with Crippen LogP contribution >= 0.6 is 0 Å². The fraction of sp³-hybridized carbons (Fsp3) is 0. The van der Waals surface area contributed by atoms with Gasteiger partial charge in [-0.3, -0.25) is 0 Å². The van der Waals surface area contributed by atoms with E-state index in [4.69, 9.17) is 18.8 Å². The second kappa shape index (κ2) is 14.2. The molecule has 0 bridgehead atoms.